The number of alkyl halides is 1. The average molecular weight is 824 g/mol. The summed E-state index contributed by atoms with van der Waals surface area (Å²) in [6.45, 7) is -2.31. The van der Waals surface area contributed by atoms with Crippen molar-refractivity contribution in [1.29, 1.82) is 0 Å². The van der Waals surface area contributed by atoms with Crippen molar-refractivity contribution in [2.24, 2.45) is 0 Å². The highest BCUT2D eigenvalue weighted by Gasteiger charge is 2.27. The van der Waals surface area contributed by atoms with Crippen LogP contribution in [0.4, 0.5) is 0 Å². The molecule has 272 valence electrons. The third-order valence-electron chi connectivity index (χ3n) is 8.35. The zero-order valence-electron chi connectivity index (χ0n) is 29.7. The Labute approximate surface area is 330 Å². The minimum atomic E-state index is -2.31. The van der Waals surface area contributed by atoms with E-state index in [0.717, 1.165) is 15.9 Å². The number of nitrogens with zero attached hydrogens (tertiary/aromatic N) is 2. The lowest BCUT2D eigenvalue weighted by Crippen LogP contribution is -2.28. The molecule has 2 aromatic heterocycles. The Morgan fingerprint density at radius 2 is 0.836 bits per heavy atom. The van der Waals surface area contributed by atoms with Gasteiger partial charge in [0.25, 0.3) is 0 Å². The summed E-state index contributed by atoms with van der Waals surface area (Å²) < 4.78 is 9.97. The number of aromatic nitrogens is 2. The highest BCUT2D eigenvalue weighted by Crippen LogP contribution is 2.43. The zero-order valence-corrected chi connectivity index (χ0v) is 33.1. The molecule has 0 bridgehead atoms. The maximum absolute atomic E-state index is 13.1. The van der Waals surface area contributed by atoms with Gasteiger partial charge < -0.3 is 8.83 Å². The van der Waals surface area contributed by atoms with Gasteiger partial charge in [-0.25, -0.2) is 9.97 Å². The molecule has 0 aliphatic heterocycles. The fourth-order valence-electron chi connectivity index (χ4n) is 5.83. The van der Waals surface area contributed by atoms with Gasteiger partial charge in [0.1, 0.15) is 0 Å². The second-order valence-electron chi connectivity index (χ2n) is 11.9. The Morgan fingerprint density at radius 1 is 0.509 bits per heavy atom. The maximum Gasteiger partial charge on any atom is 0.223 e. The van der Waals surface area contributed by atoms with Crippen molar-refractivity contribution >= 4 is 79.9 Å². The summed E-state index contributed by atoms with van der Waals surface area (Å²) in [7, 11) is -0.446. The van der Waals surface area contributed by atoms with Crippen molar-refractivity contribution in [3.8, 4) is 0 Å². The van der Waals surface area contributed by atoms with Crippen molar-refractivity contribution in [2.75, 3.05) is 5.33 Å². The molecule has 55 heavy (non-hydrogen) atoms. The molecule has 0 amide bonds. The van der Waals surface area contributed by atoms with Gasteiger partial charge in [0.15, 0.2) is 24.3 Å². The van der Waals surface area contributed by atoms with Crippen LogP contribution in [0.25, 0.3) is 0 Å². The Bertz CT molecular complexity index is 2180. The predicted octanol–water partition coefficient (Wildman–Crippen LogP) is 8.35. The van der Waals surface area contributed by atoms with E-state index in [-0.39, 0.29) is 22.7 Å². The van der Waals surface area contributed by atoms with Gasteiger partial charge in [-0.1, -0.05) is 198 Å². The molecule has 0 radical (unpaired) electrons. The van der Waals surface area contributed by atoms with E-state index in [2.05, 4.69) is 153 Å². The van der Waals surface area contributed by atoms with Crippen LogP contribution < -0.4 is 31.8 Å². The summed E-state index contributed by atoms with van der Waals surface area (Å²) >= 11 is 3.00. The van der Waals surface area contributed by atoms with Crippen molar-refractivity contribution in [3.63, 3.8) is 0 Å². The number of hydrogen-bond donors (Lipinski definition) is 0. The maximum atomic E-state index is 13.1. The molecule has 0 saturated carbocycles. The molecule has 0 aliphatic carbocycles. The molecule has 6 nitrogen and oxygen atoms in total. The summed E-state index contributed by atoms with van der Waals surface area (Å²) in [5.74, 6) is 2.15. The second-order valence-corrected chi connectivity index (χ2v) is 17.9. The Hall–Kier alpha value is -5.71. The van der Waals surface area contributed by atoms with E-state index < -0.39 is 14.8 Å². The molecule has 9 heteroatoms. The van der Waals surface area contributed by atoms with E-state index in [1.54, 1.807) is 0 Å². The molecule has 2 heterocycles. The number of benzene rings is 6. The summed E-state index contributed by atoms with van der Waals surface area (Å²) in [5.41, 5.74) is 0. The first kappa shape index (κ1) is 39.0. The smallest absolute Gasteiger partial charge is 0.223 e. The number of rotatable bonds is 10. The molecule has 0 spiro atoms. The molecule has 0 aliphatic rings. The largest absolute Gasteiger partial charge is 0.440 e. The van der Waals surface area contributed by atoms with Crippen LogP contribution in [0.1, 0.15) is 21.1 Å². The molecule has 0 atom stereocenters. The standard InChI is InChI=1S/C23H18NO2P.C18H15P.C5H4BrNO2/c25-22(23-16-24-18-26-23)17-27(19-10-4-1-5-11-19,20-12-6-2-7-13-20)21-14-8-3-9-15-21;1-4-10-16(11-5-1)19(17-12-6-2-7-13-17)18-14-8-3-9-15-18;6-1-4(8)5-2-7-3-9-5/h1-18H;1-15H;2-3H,1H2. The van der Waals surface area contributed by atoms with E-state index in [1.807, 2.05) is 60.4 Å². The van der Waals surface area contributed by atoms with E-state index in [9.17, 15) is 9.59 Å². The van der Waals surface area contributed by atoms with Gasteiger partial charge in [-0.2, -0.15) is 0 Å². The third kappa shape index (κ3) is 10.1. The minimum absolute atomic E-state index is 0.0903. The highest BCUT2D eigenvalue weighted by atomic mass is 79.9. The van der Waals surface area contributed by atoms with Gasteiger partial charge in [-0.15, -0.1) is 0 Å². The number of carbonyl (C=O) groups excluding carboxylic acids is 2. The predicted molar refractivity (Wildman–Crippen MR) is 232 cm³/mol. The minimum Gasteiger partial charge on any atom is -0.440 e. The van der Waals surface area contributed by atoms with Crippen molar-refractivity contribution in [3.05, 3.63) is 219 Å². The van der Waals surface area contributed by atoms with Crippen LogP contribution >= 0.6 is 30.7 Å². The van der Waals surface area contributed by atoms with Crippen LogP contribution in [-0.4, -0.2) is 32.7 Å². The molecular formula is C46H37BrN2O4P2. The van der Waals surface area contributed by atoms with Gasteiger partial charge >= 0.3 is 0 Å². The average Bonchev–Trinajstić information content (AvgIpc) is 4.02. The first-order valence-electron chi connectivity index (χ1n) is 17.4. The molecular weight excluding hydrogens is 786 g/mol. The van der Waals surface area contributed by atoms with Crippen LogP contribution in [0, 0.1) is 0 Å². The van der Waals surface area contributed by atoms with E-state index in [4.69, 9.17) is 8.83 Å². The first-order chi connectivity index (χ1) is 27.1. The Kier molecular flexibility index (Phi) is 14.3. The van der Waals surface area contributed by atoms with E-state index in [1.165, 1.54) is 41.1 Å². The third-order valence-corrected chi connectivity index (χ3v) is 15.3. The molecule has 8 aromatic rings. The normalized spacial score (nSPS) is 10.7. The zero-order chi connectivity index (χ0) is 38.1. The number of halogens is 1. The van der Waals surface area contributed by atoms with E-state index in [0.29, 0.717) is 5.76 Å². The van der Waals surface area contributed by atoms with Gasteiger partial charge in [-0.3, -0.25) is 9.59 Å². The van der Waals surface area contributed by atoms with Crippen LogP contribution in [0.5, 0.6) is 0 Å². The quantitative estimate of drug-likeness (QED) is 0.0784. The second kappa shape index (κ2) is 20.1. The summed E-state index contributed by atoms with van der Waals surface area (Å²) in [6.07, 6.45) is 5.38. The monoisotopic (exact) mass is 822 g/mol. The van der Waals surface area contributed by atoms with Crippen molar-refractivity contribution in [1.82, 2.24) is 9.97 Å². The van der Waals surface area contributed by atoms with Gasteiger partial charge in [0, 0.05) is 0 Å². The first-order valence-corrected chi connectivity index (χ1v) is 21.7. The molecule has 0 saturated heterocycles. The van der Waals surface area contributed by atoms with Gasteiger partial charge in [0.2, 0.25) is 11.6 Å². The number of oxazole rings is 2. The Balaban J connectivity index is 0.000000159. The SMILES string of the molecule is O=C(C=P(c1ccccc1)(c1ccccc1)c1ccccc1)c1cnco1.O=C(CBr)c1cnco1.c1ccc(P(c2ccccc2)c2ccccc2)cc1. The van der Waals surface area contributed by atoms with Gasteiger partial charge in [-0.05, 0) is 52.4 Å². The lowest BCUT2D eigenvalue weighted by atomic mass is 10.3. The lowest BCUT2D eigenvalue weighted by Gasteiger charge is -2.28. The number of Topliss-reactive ketones (excluding diaryl/α,β-unsaturated/α-hetero) is 2. The van der Waals surface area contributed by atoms with Crippen LogP contribution in [0.2, 0.25) is 0 Å². The van der Waals surface area contributed by atoms with Crippen molar-refractivity contribution in [2.45, 2.75) is 0 Å². The van der Waals surface area contributed by atoms with Gasteiger partial charge in [0.05, 0.1) is 17.7 Å². The fourth-order valence-corrected chi connectivity index (χ4v) is 12.2. The van der Waals surface area contributed by atoms with Crippen molar-refractivity contribution < 1.29 is 18.4 Å². The molecule has 0 N–H and O–H groups in total. The molecule has 0 fully saturated rings. The summed E-state index contributed by atoms with van der Waals surface area (Å²) in [4.78, 5) is 31.3. The molecule has 0 unspecified atom stereocenters. The fraction of sp³-hybridized carbons (Fsp3) is 0.0217. The number of ketones is 2. The van der Waals surface area contributed by atoms with Crippen LogP contribution in [0.3, 0.4) is 0 Å². The highest BCUT2D eigenvalue weighted by molar-refractivity contribution is 9.09. The van der Waals surface area contributed by atoms with E-state index >= 15 is 0 Å². The summed E-state index contributed by atoms with van der Waals surface area (Å²) in [5, 5.41) is 7.84. The topological polar surface area (TPSA) is 86.2 Å². The number of hydrogen-bond acceptors (Lipinski definition) is 6. The van der Waals surface area contributed by atoms with Crippen LogP contribution in [0.15, 0.2) is 216 Å². The summed E-state index contributed by atoms with van der Waals surface area (Å²) in [6, 6.07) is 63.0. The number of carbonyl (C=O) groups is 2. The lowest BCUT2D eigenvalue weighted by molar-refractivity contribution is 0.0992. The van der Waals surface area contributed by atoms with Crippen LogP contribution in [-0.2, 0) is 0 Å². The Morgan fingerprint density at radius 3 is 1.15 bits per heavy atom. The molecule has 6 aromatic carbocycles. The molecule has 8 rings (SSSR count).